The molecule has 1 amide bonds. The van der Waals surface area contributed by atoms with Gasteiger partial charge in [-0.1, -0.05) is 19.3 Å². The zero-order chi connectivity index (χ0) is 18.2. The summed E-state index contributed by atoms with van der Waals surface area (Å²) in [5.74, 6) is 1.47. The Kier molecular flexibility index (Phi) is 4.47. The molecule has 2 fully saturated rings. The largest absolute Gasteiger partial charge is 0.354 e. The molecule has 0 aromatic carbocycles. The van der Waals surface area contributed by atoms with Gasteiger partial charge < -0.3 is 15.5 Å². The average Bonchev–Trinajstić information content (AvgIpc) is 2.97. The highest BCUT2D eigenvalue weighted by molar-refractivity contribution is 5.82. The Morgan fingerprint density at radius 2 is 1.96 bits per heavy atom. The summed E-state index contributed by atoms with van der Waals surface area (Å²) >= 11 is 0. The Morgan fingerprint density at radius 3 is 2.81 bits per heavy atom. The molecule has 7 heteroatoms. The molecule has 5 rings (SSSR count). The molecule has 144 valence electrons. The van der Waals surface area contributed by atoms with Gasteiger partial charge in [-0.2, -0.15) is 9.61 Å². The molecule has 1 saturated carbocycles. The predicted octanol–water partition coefficient (Wildman–Crippen LogP) is 1.30. The van der Waals surface area contributed by atoms with Crippen molar-refractivity contribution in [1.82, 2.24) is 25.2 Å². The van der Waals surface area contributed by atoms with Crippen molar-refractivity contribution in [3.05, 3.63) is 23.5 Å². The molecule has 4 heterocycles. The summed E-state index contributed by atoms with van der Waals surface area (Å²) in [4.78, 5) is 19.8. The number of aromatic nitrogens is 3. The highest BCUT2D eigenvalue weighted by Crippen LogP contribution is 2.31. The van der Waals surface area contributed by atoms with Gasteiger partial charge in [0.25, 0.3) is 0 Å². The Morgan fingerprint density at radius 1 is 1.15 bits per heavy atom. The van der Waals surface area contributed by atoms with Crippen LogP contribution in [-0.4, -0.2) is 52.7 Å². The van der Waals surface area contributed by atoms with Gasteiger partial charge in [-0.25, -0.2) is 4.98 Å². The number of hydrogen-bond donors (Lipinski definition) is 2. The maximum absolute atomic E-state index is 12.6. The van der Waals surface area contributed by atoms with Crippen molar-refractivity contribution in [1.29, 1.82) is 0 Å². The maximum Gasteiger partial charge on any atom is 0.226 e. The summed E-state index contributed by atoms with van der Waals surface area (Å²) in [6.45, 7) is 3.48. The number of carbonyl (C=O) groups excluding carboxylic acids is 1. The number of amides is 1. The van der Waals surface area contributed by atoms with Gasteiger partial charge in [0.05, 0.1) is 17.8 Å². The molecular formula is C20H28N6O. The number of fused-ring (bicyclic) bond motifs is 2. The van der Waals surface area contributed by atoms with Crippen molar-refractivity contribution in [2.45, 2.75) is 51.0 Å². The van der Waals surface area contributed by atoms with Crippen LogP contribution in [0.2, 0.25) is 0 Å². The molecule has 0 radical (unpaired) electrons. The van der Waals surface area contributed by atoms with Crippen LogP contribution >= 0.6 is 0 Å². The molecule has 0 unspecified atom stereocenters. The van der Waals surface area contributed by atoms with Gasteiger partial charge in [-0.3, -0.25) is 4.79 Å². The van der Waals surface area contributed by atoms with E-state index in [1.165, 1.54) is 30.5 Å². The van der Waals surface area contributed by atoms with Crippen LogP contribution in [0.15, 0.2) is 12.3 Å². The normalized spacial score (nSPS) is 21.6. The fourth-order valence-corrected chi connectivity index (χ4v) is 4.72. The maximum atomic E-state index is 12.6. The standard InChI is InChI=1S/C20H28N6O/c27-19(23-15-4-2-1-3-5-15)14-12-25(13-14)20-16-6-9-21-10-7-17(16)24-18-8-11-22-26(18)20/h8,11,14-15,21H,1-7,9-10,12-13H2,(H,23,27). The van der Waals surface area contributed by atoms with Gasteiger partial charge in [0.15, 0.2) is 5.65 Å². The second-order valence-electron chi connectivity index (χ2n) is 8.16. The van der Waals surface area contributed by atoms with Gasteiger partial charge in [-0.15, -0.1) is 0 Å². The quantitative estimate of drug-likeness (QED) is 0.854. The molecule has 1 aliphatic carbocycles. The van der Waals surface area contributed by atoms with E-state index >= 15 is 0 Å². The summed E-state index contributed by atoms with van der Waals surface area (Å²) in [7, 11) is 0. The van der Waals surface area contributed by atoms with E-state index in [-0.39, 0.29) is 11.8 Å². The fraction of sp³-hybridized carbons (Fsp3) is 0.650. The number of nitrogens with zero attached hydrogens (tertiary/aromatic N) is 4. The van der Waals surface area contributed by atoms with Crippen molar-refractivity contribution in [2.75, 3.05) is 31.1 Å². The minimum atomic E-state index is 0.0882. The van der Waals surface area contributed by atoms with Gasteiger partial charge in [0, 0.05) is 43.7 Å². The van der Waals surface area contributed by atoms with Crippen LogP contribution in [-0.2, 0) is 17.6 Å². The van der Waals surface area contributed by atoms with E-state index < -0.39 is 0 Å². The summed E-state index contributed by atoms with van der Waals surface area (Å²) in [6, 6.07) is 2.36. The first-order valence-corrected chi connectivity index (χ1v) is 10.4. The van der Waals surface area contributed by atoms with E-state index in [0.29, 0.717) is 6.04 Å². The third-order valence-electron chi connectivity index (χ3n) is 6.28. The predicted molar refractivity (Wildman–Crippen MR) is 104 cm³/mol. The highest BCUT2D eigenvalue weighted by atomic mass is 16.2. The number of anilines is 1. The topological polar surface area (TPSA) is 74.6 Å². The lowest BCUT2D eigenvalue weighted by molar-refractivity contribution is -0.126. The van der Waals surface area contributed by atoms with Crippen LogP contribution in [0.5, 0.6) is 0 Å². The lowest BCUT2D eigenvalue weighted by Gasteiger charge is -2.41. The molecular weight excluding hydrogens is 340 g/mol. The van der Waals surface area contributed by atoms with Crippen molar-refractivity contribution < 1.29 is 4.79 Å². The second-order valence-corrected chi connectivity index (χ2v) is 8.16. The Labute approximate surface area is 159 Å². The molecule has 0 atom stereocenters. The molecule has 27 heavy (non-hydrogen) atoms. The lowest BCUT2D eigenvalue weighted by atomic mass is 9.93. The first-order chi connectivity index (χ1) is 13.3. The minimum Gasteiger partial charge on any atom is -0.354 e. The monoisotopic (exact) mass is 368 g/mol. The van der Waals surface area contributed by atoms with Gasteiger partial charge in [0.2, 0.25) is 5.91 Å². The molecule has 0 spiro atoms. The van der Waals surface area contributed by atoms with Gasteiger partial charge in [0.1, 0.15) is 5.82 Å². The molecule has 7 nitrogen and oxygen atoms in total. The number of nitrogens with one attached hydrogen (secondary N) is 2. The number of carbonyl (C=O) groups is 1. The molecule has 0 bridgehead atoms. The Balaban J connectivity index is 1.34. The molecule has 2 N–H and O–H groups in total. The second kappa shape index (κ2) is 7.11. The van der Waals surface area contributed by atoms with Crippen LogP contribution in [0.3, 0.4) is 0 Å². The third kappa shape index (κ3) is 3.18. The molecule has 2 aromatic rings. The van der Waals surface area contributed by atoms with E-state index in [1.807, 2.05) is 16.8 Å². The smallest absolute Gasteiger partial charge is 0.226 e. The first-order valence-electron chi connectivity index (χ1n) is 10.4. The van der Waals surface area contributed by atoms with Crippen molar-refractivity contribution >= 4 is 17.4 Å². The first kappa shape index (κ1) is 17.0. The average molecular weight is 368 g/mol. The molecule has 2 aromatic heterocycles. The number of hydrogen-bond acceptors (Lipinski definition) is 5. The summed E-state index contributed by atoms with van der Waals surface area (Å²) in [5, 5.41) is 11.3. The summed E-state index contributed by atoms with van der Waals surface area (Å²) < 4.78 is 1.96. The minimum absolute atomic E-state index is 0.0882. The number of rotatable bonds is 3. The van der Waals surface area contributed by atoms with Crippen LogP contribution in [0.25, 0.3) is 5.65 Å². The van der Waals surface area contributed by atoms with E-state index in [2.05, 4.69) is 20.6 Å². The SMILES string of the molecule is O=C(NC1CCCCC1)C1CN(c2c3c(nc4ccnn24)CCNCC3)C1. The van der Waals surface area contributed by atoms with Crippen LogP contribution in [0.4, 0.5) is 5.82 Å². The highest BCUT2D eigenvalue weighted by Gasteiger charge is 2.37. The summed E-state index contributed by atoms with van der Waals surface area (Å²) in [5.41, 5.74) is 3.38. The van der Waals surface area contributed by atoms with E-state index in [9.17, 15) is 4.79 Å². The van der Waals surface area contributed by atoms with Gasteiger partial charge >= 0.3 is 0 Å². The van der Waals surface area contributed by atoms with E-state index in [1.54, 1.807) is 0 Å². The van der Waals surface area contributed by atoms with Crippen LogP contribution < -0.4 is 15.5 Å². The van der Waals surface area contributed by atoms with Crippen molar-refractivity contribution in [2.24, 2.45) is 5.92 Å². The lowest BCUT2D eigenvalue weighted by Crippen LogP contribution is -2.56. The van der Waals surface area contributed by atoms with Crippen molar-refractivity contribution in [3.63, 3.8) is 0 Å². The van der Waals surface area contributed by atoms with Crippen LogP contribution in [0, 0.1) is 5.92 Å². The Bertz CT molecular complexity index is 834. The van der Waals surface area contributed by atoms with Gasteiger partial charge in [-0.05, 0) is 25.8 Å². The summed E-state index contributed by atoms with van der Waals surface area (Å²) in [6.07, 6.45) is 9.81. The fourth-order valence-electron chi connectivity index (χ4n) is 4.72. The molecule has 1 saturated heterocycles. The van der Waals surface area contributed by atoms with E-state index in [4.69, 9.17) is 4.98 Å². The zero-order valence-electron chi connectivity index (χ0n) is 15.8. The zero-order valence-corrected chi connectivity index (χ0v) is 15.8. The molecule has 2 aliphatic heterocycles. The van der Waals surface area contributed by atoms with Crippen molar-refractivity contribution in [3.8, 4) is 0 Å². The Hall–Kier alpha value is -2.15. The molecule has 3 aliphatic rings. The van der Waals surface area contributed by atoms with E-state index in [0.717, 1.165) is 63.3 Å². The third-order valence-corrected chi connectivity index (χ3v) is 6.28. The van der Waals surface area contributed by atoms with Crippen LogP contribution in [0.1, 0.15) is 43.4 Å².